The largest absolute Gasteiger partial charge is 0.495 e. The highest BCUT2D eigenvalue weighted by atomic mass is 127. The van der Waals surface area contributed by atoms with Crippen LogP contribution in [0.15, 0.2) is 59.2 Å². The molecule has 0 radical (unpaired) electrons. The zero-order valence-electron chi connectivity index (χ0n) is 15.6. The summed E-state index contributed by atoms with van der Waals surface area (Å²) in [5.74, 6) is 0.923. The zero-order valence-corrected chi connectivity index (χ0v) is 17.8. The lowest BCUT2D eigenvalue weighted by Gasteiger charge is -2.10. The minimum Gasteiger partial charge on any atom is -0.495 e. The Hall–Kier alpha value is -3.07. The fraction of sp³-hybridized carbons (Fsp3) is 0.0909. The lowest BCUT2D eigenvalue weighted by Crippen LogP contribution is -2.23. The van der Waals surface area contributed by atoms with Crippen molar-refractivity contribution in [1.29, 1.82) is 0 Å². The Morgan fingerprint density at radius 1 is 1.24 bits per heavy atom. The summed E-state index contributed by atoms with van der Waals surface area (Å²) in [5.41, 5.74) is 3.01. The van der Waals surface area contributed by atoms with Gasteiger partial charge in [-0.2, -0.15) is 5.10 Å². The molecule has 0 aliphatic heterocycles. The van der Waals surface area contributed by atoms with Crippen LogP contribution < -0.4 is 10.1 Å². The number of rotatable bonds is 6. The molecule has 2 aromatic carbocycles. The SMILES string of the molecule is COc1c(C(=O)NCc2ccco2)ccc2[nH]nc(C=Cc3cccc(I)c3)c12. The van der Waals surface area contributed by atoms with Gasteiger partial charge in [0.2, 0.25) is 0 Å². The molecule has 6 nitrogen and oxygen atoms in total. The van der Waals surface area contributed by atoms with Gasteiger partial charge in [0.15, 0.2) is 0 Å². The van der Waals surface area contributed by atoms with E-state index in [1.54, 1.807) is 25.5 Å². The van der Waals surface area contributed by atoms with Crippen molar-refractivity contribution in [2.75, 3.05) is 7.11 Å². The van der Waals surface area contributed by atoms with Crippen molar-refractivity contribution in [2.24, 2.45) is 0 Å². The van der Waals surface area contributed by atoms with Crippen molar-refractivity contribution in [3.05, 3.63) is 80.9 Å². The van der Waals surface area contributed by atoms with Crippen molar-refractivity contribution in [3.63, 3.8) is 0 Å². The number of hydrogen-bond donors (Lipinski definition) is 2. The van der Waals surface area contributed by atoms with E-state index in [2.05, 4.69) is 44.2 Å². The highest BCUT2D eigenvalue weighted by molar-refractivity contribution is 14.1. The van der Waals surface area contributed by atoms with Gasteiger partial charge in [0.05, 0.1) is 42.1 Å². The number of methoxy groups -OCH3 is 1. The molecule has 0 aliphatic rings. The number of aromatic nitrogens is 2. The number of nitrogens with one attached hydrogen (secondary N) is 2. The molecule has 0 bridgehead atoms. The second kappa shape index (κ2) is 8.52. The molecule has 0 fully saturated rings. The predicted octanol–water partition coefficient (Wildman–Crippen LogP) is 4.87. The molecule has 0 saturated heterocycles. The Labute approximate surface area is 181 Å². The van der Waals surface area contributed by atoms with E-state index >= 15 is 0 Å². The Bertz CT molecular complexity index is 1180. The maximum atomic E-state index is 12.7. The van der Waals surface area contributed by atoms with E-state index in [-0.39, 0.29) is 5.91 Å². The number of benzene rings is 2. The monoisotopic (exact) mass is 499 g/mol. The van der Waals surface area contributed by atoms with Crippen LogP contribution in [0, 0.1) is 3.57 Å². The van der Waals surface area contributed by atoms with E-state index in [4.69, 9.17) is 9.15 Å². The van der Waals surface area contributed by atoms with Gasteiger partial charge in [0.25, 0.3) is 5.91 Å². The average Bonchev–Trinajstić information content (AvgIpc) is 3.39. The van der Waals surface area contributed by atoms with Gasteiger partial charge in [-0.25, -0.2) is 0 Å². The molecule has 29 heavy (non-hydrogen) atoms. The molecule has 4 rings (SSSR count). The molecule has 0 atom stereocenters. The van der Waals surface area contributed by atoms with Gasteiger partial charge in [-0.05, 0) is 70.6 Å². The molecule has 146 valence electrons. The molecular formula is C22H18IN3O3. The zero-order chi connectivity index (χ0) is 20.2. The number of nitrogens with zero attached hydrogens (tertiary/aromatic N) is 1. The van der Waals surface area contributed by atoms with Crippen LogP contribution in [0.4, 0.5) is 0 Å². The van der Waals surface area contributed by atoms with Gasteiger partial charge in [0.1, 0.15) is 11.5 Å². The van der Waals surface area contributed by atoms with Crippen LogP contribution >= 0.6 is 22.6 Å². The summed E-state index contributed by atoms with van der Waals surface area (Å²) in [6.45, 7) is 0.303. The van der Waals surface area contributed by atoms with Crippen molar-refractivity contribution >= 4 is 51.6 Å². The molecule has 2 N–H and O–H groups in total. The number of ether oxygens (including phenoxy) is 1. The lowest BCUT2D eigenvalue weighted by atomic mass is 10.1. The number of hydrogen-bond acceptors (Lipinski definition) is 4. The maximum Gasteiger partial charge on any atom is 0.255 e. The number of aromatic amines is 1. The van der Waals surface area contributed by atoms with Gasteiger partial charge in [-0.15, -0.1) is 0 Å². The first-order valence-corrected chi connectivity index (χ1v) is 10.0. The average molecular weight is 499 g/mol. The van der Waals surface area contributed by atoms with Crippen molar-refractivity contribution in [2.45, 2.75) is 6.54 Å². The van der Waals surface area contributed by atoms with E-state index in [9.17, 15) is 4.79 Å². The van der Waals surface area contributed by atoms with Gasteiger partial charge in [0, 0.05) is 3.57 Å². The number of H-pyrrole nitrogens is 1. The highest BCUT2D eigenvalue weighted by Crippen LogP contribution is 2.32. The predicted molar refractivity (Wildman–Crippen MR) is 121 cm³/mol. The van der Waals surface area contributed by atoms with Crippen LogP contribution in [-0.4, -0.2) is 23.2 Å². The standard InChI is InChI=1S/C22H18IN3O3/c1-28-21-17(22(27)24-13-16-6-3-11-29-16)8-10-19-20(21)18(25-26-19)9-7-14-4-2-5-15(23)12-14/h2-12H,13H2,1H3,(H,24,27)(H,25,26). The first-order valence-electron chi connectivity index (χ1n) is 8.95. The number of carbonyl (C=O) groups is 1. The fourth-order valence-corrected chi connectivity index (χ4v) is 3.65. The van der Waals surface area contributed by atoms with E-state index in [0.29, 0.717) is 29.3 Å². The third-order valence-corrected chi connectivity index (χ3v) is 5.12. The summed E-state index contributed by atoms with van der Waals surface area (Å²) in [6, 6.07) is 15.3. The minimum atomic E-state index is -0.242. The Kier molecular flexibility index (Phi) is 5.66. The molecule has 0 unspecified atom stereocenters. The second-order valence-corrected chi connectivity index (χ2v) is 7.57. The van der Waals surface area contributed by atoms with Crippen LogP contribution in [0.25, 0.3) is 23.1 Å². The minimum absolute atomic E-state index is 0.242. The summed E-state index contributed by atoms with van der Waals surface area (Å²) in [6.07, 6.45) is 5.48. The molecule has 2 heterocycles. The van der Waals surface area contributed by atoms with Crippen molar-refractivity contribution < 1.29 is 13.9 Å². The second-order valence-electron chi connectivity index (χ2n) is 6.33. The van der Waals surface area contributed by atoms with Crippen molar-refractivity contribution in [1.82, 2.24) is 15.5 Å². The Morgan fingerprint density at radius 3 is 2.90 bits per heavy atom. The first kappa shape index (κ1) is 19.3. The van der Waals surface area contributed by atoms with E-state index in [1.165, 1.54) is 0 Å². The molecule has 2 aromatic heterocycles. The third-order valence-electron chi connectivity index (χ3n) is 4.44. The summed E-state index contributed by atoms with van der Waals surface area (Å²) < 4.78 is 12.0. The normalized spacial score (nSPS) is 11.2. The Morgan fingerprint density at radius 2 is 2.14 bits per heavy atom. The van der Waals surface area contributed by atoms with Crippen molar-refractivity contribution in [3.8, 4) is 5.75 Å². The van der Waals surface area contributed by atoms with Crippen LogP contribution in [-0.2, 0) is 6.54 Å². The summed E-state index contributed by atoms with van der Waals surface area (Å²) in [7, 11) is 1.55. The number of carbonyl (C=O) groups excluding carboxylic acids is 1. The van der Waals surface area contributed by atoms with Crippen LogP contribution in [0.2, 0.25) is 0 Å². The van der Waals surface area contributed by atoms with Gasteiger partial charge in [-0.1, -0.05) is 18.2 Å². The summed E-state index contributed by atoms with van der Waals surface area (Å²) in [5, 5.41) is 11.0. The Balaban J connectivity index is 1.66. The van der Waals surface area contributed by atoms with Gasteiger partial charge < -0.3 is 14.5 Å². The lowest BCUT2D eigenvalue weighted by molar-refractivity contribution is 0.0945. The third kappa shape index (κ3) is 4.19. The highest BCUT2D eigenvalue weighted by Gasteiger charge is 2.19. The van der Waals surface area contributed by atoms with Crippen LogP contribution in [0.1, 0.15) is 27.4 Å². The molecule has 1 amide bonds. The molecule has 0 spiro atoms. The molecule has 0 aliphatic carbocycles. The smallest absolute Gasteiger partial charge is 0.255 e. The fourth-order valence-electron chi connectivity index (χ4n) is 3.08. The van der Waals surface area contributed by atoms with Crippen LogP contribution in [0.3, 0.4) is 0 Å². The number of fused-ring (bicyclic) bond motifs is 1. The molecule has 4 aromatic rings. The molecule has 0 saturated carbocycles. The topological polar surface area (TPSA) is 80.1 Å². The number of halogens is 1. The quantitative estimate of drug-likeness (QED) is 0.371. The van der Waals surface area contributed by atoms with Gasteiger partial charge in [-0.3, -0.25) is 9.89 Å². The van der Waals surface area contributed by atoms with E-state index < -0.39 is 0 Å². The first-order chi connectivity index (χ1) is 14.2. The van der Waals surface area contributed by atoms with Gasteiger partial charge >= 0.3 is 0 Å². The van der Waals surface area contributed by atoms with E-state index in [1.807, 2.05) is 42.5 Å². The van der Waals surface area contributed by atoms with Crippen LogP contribution in [0.5, 0.6) is 5.75 Å². The van der Waals surface area contributed by atoms with E-state index in [0.717, 1.165) is 20.0 Å². The maximum absolute atomic E-state index is 12.7. The number of furan rings is 1. The summed E-state index contributed by atoms with van der Waals surface area (Å²) in [4.78, 5) is 12.7. The number of amides is 1. The molecule has 7 heteroatoms. The molecular weight excluding hydrogens is 481 g/mol. The summed E-state index contributed by atoms with van der Waals surface area (Å²) >= 11 is 2.28.